The highest BCUT2D eigenvalue weighted by Gasteiger charge is 2.23. The van der Waals surface area contributed by atoms with Crippen LogP contribution in [0.2, 0.25) is 0 Å². The van der Waals surface area contributed by atoms with Gasteiger partial charge in [0.15, 0.2) is 5.13 Å². The molecule has 1 heterocycles. The molecule has 0 spiro atoms. The van der Waals surface area contributed by atoms with Crippen molar-refractivity contribution in [2.24, 2.45) is 0 Å². The van der Waals surface area contributed by atoms with Gasteiger partial charge in [-0.05, 0) is 68.1 Å². The first kappa shape index (κ1) is 16.9. The molecule has 24 heavy (non-hydrogen) atoms. The number of nitrogens with one attached hydrogen (secondary N) is 1. The summed E-state index contributed by atoms with van der Waals surface area (Å²) in [5, 5.41) is 0.230. The van der Waals surface area contributed by atoms with Crippen LogP contribution in [-0.2, 0) is 10.0 Å². The number of aromatic nitrogens is 1. The largest absolute Gasteiger partial charge is 0.264 e. The van der Waals surface area contributed by atoms with E-state index in [9.17, 15) is 12.8 Å². The number of thiazole rings is 1. The van der Waals surface area contributed by atoms with E-state index in [1.165, 1.54) is 18.2 Å². The summed E-state index contributed by atoms with van der Waals surface area (Å²) in [6.45, 7) is 7.37. The highest BCUT2D eigenvalue weighted by Crippen LogP contribution is 2.31. The number of nitrogens with zero attached hydrogens (tertiary/aromatic N) is 1. The molecule has 0 saturated heterocycles. The topological polar surface area (TPSA) is 59.1 Å². The van der Waals surface area contributed by atoms with Gasteiger partial charge >= 0.3 is 0 Å². The van der Waals surface area contributed by atoms with Crippen LogP contribution in [0.15, 0.2) is 29.2 Å². The Kier molecular flexibility index (Phi) is 4.09. The Morgan fingerprint density at radius 1 is 1.04 bits per heavy atom. The predicted molar refractivity (Wildman–Crippen MR) is 95.8 cm³/mol. The predicted octanol–water partition coefficient (Wildman–Crippen LogP) is 4.47. The molecule has 0 unspecified atom stereocenters. The number of hydrogen-bond donors (Lipinski definition) is 1. The van der Waals surface area contributed by atoms with Crippen LogP contribution in [0.5, 0.6) is 0 Å². The van der Waals surface area contributed by atoms with Crippen molar-refractivity contribution in [2.75, 3.05) is 4.72 Å². The standard InChI is InChI=1S/C17H17FN2O2S2/c1-9-7-10(2)12(4)16(11(9)3)24(21,22)20-17-19-14-6-5-13(18)8-15(14)23-17/h5-8H,1-4H3,(H,19,20). The van der Waals surface area contributed by atoms with Crippen molar-refractivity contribution >= 4 is 36.7 Å². The Labute approximate surface area is 144 Å². The number of hydrogen-bond acceptors (Lipinski definition) is 4. The Bertz CT molecular complexity index is 1030. The van der Waals surface area contributed by atoms with Gasteiger partial charge in [-0.1, -0.05) is 17.4 Å². The summed E-state index contributed by atoms with van der Waals surface area (Å²) in [5.41, 5.74) is 3.85. The van der Waals surface area contributed by atoms with Crippen LogP contribution < -0.4 is 4.72 Å². The van der Waals surface area contributed by atoms with Gasteiger partial charge in [-0.15, -0.1) is 0 Å². The van der Waals surface area contributed by atoms with Crippen LogP contribution in [0, 0.1) is 33.5 Å². The maximum atomic E-state index is 13.3. The minimum atomic E-state index is -3.77. The number of benzene rings is 2. The monoisotopic (exact) mass is 364 g/mol. The lowest BCUT2D eigenvalue weighted by Crippen LogP contribution is -2.16. The third-order valence-electron chi connectivity index (χ3n) is 4.14. The quantitative estimate of drug-likeness (QED) is 0.746. The minimum absolute atomic E-state index is 0.230. The SMILES string of the molecule is Cc1cc(C)c(C)c(S(=O)(=O)Nc2nc3ccc(F)cc3s2)c1C. The number of anilines is 1. The van der Waals surface area contributed by atoms with Gasteiger partial charge in [0.25, 0.3) is 10.0 Å². The molecule has 0 aliphatic rings. The molecule has 1 aromatic heterocycles. The number of halogens is 1. The zero-order chi connectivity index (χ0) is 17.6. The molecular formula is C17H17FN2O2S2. The lowest BCUT2D eigenvalue weighted by molar-refractivity contribution is 0.599. The first-order chi connectivity index (χ1) is 11.2. The lowest BCUT2D eigenvalue weighted by atomic mass is 10.0. The number of fused-ring (bicyclic) bond motifs is 1. The molecule has 0 amide bonds. The molecule has 1 N–H and O–H groups in total. The van der Waals surface area contributed by atoms with Gasteiger partial charge in [0.1, 0.15) is 5.82 Å². The maximum Gasteiger partial charge on any atom is 0.264 e. The molecule has 7 heteroatoms. The van der Waals surface area contributed by atoms with Crippen molar-refractivity contribution in [2.45, 2.75) is 32.6 Å². The molecular weight excluding hydrogens is 347 g/mol. The van der Waals surface area contributed by atoms with E-state index in [1.807, 2.05) is 19.9 Å². The molecule has 0 saturated carbocycles. The molecule has 0 aliphatic carbocycles. The molecule has 0 atom stereocenters. The fourth-order valence-electron chi connectivity index (χ4n) is 2.69. The highest BCUT2D eigenvalue weighted by atomic mass is 32.2. The van der Waals surface area contributed by atoms with Gasteiger partial charge in [-0.2, -0.15) is 0 Å². The van der Waals surface area contributed by atoms with E-state index in [4.69, 9.17) is 0 Å². The fourth-order valence-corrected chi connectivity index (χ4v) is 5.44. The van der Waals surface area contributed by atoms with Crippen LogP contribution >= 0.6 is 11.3 Å². The van der Waals surface area contributed by atoms with Crippen molar-refractivity contribution < 1.29 is 12.8 Å². The molecule has 0 aliphatic heterocycles. The average molecular weight is 364 g/mol. The van der Waals surface area contributed by atoms with E-state index >= 15 is 0 Å². The van der Waals surface area contributed by atoms with Crippen LogP contribution in [0.25, 0.3) is 10.2 Å². The Balaban J connectivity index is 2.08. The van der Waals surface area contributed by atoms with Gasteiger partial charge in [0.05, 0.1) is 15.1 Å². The van der Waals surface area contributed by atoms with E-state index in [2.05, 4.69) is 9.71 Å². The molecule has 126 valence electrons. The molecule has 3 rings (SSSR count). The van der Waals surface area contributed by atoms with Gasteiger partial charge in [-0.3, -0.25) is 4.72 Å². The fraction of sp³-hybridized carbons (Fsp3) is 0.235. The summed E-state index contributed by atoms with van der Waals surface area (Å²) in [6, 6.07) is 6.16. The van der Waals surface area contributed by atoms with Crippen LogP contribution in [0.1, 0.15) is 22.3 Å². The smallest absolute Gasteiger partial charge is 0.255 e. The third kappa shape index (κ3) is 2.89. The Morgan fingerprint density at radius 2 is 1.67 bits per heavy atom. The first-order valence-electron chi connectivity index (χ1n) is 7.35. The van der Waals surface area contributed by atoms with E-state index in [0.29, 0.717) is 10.2 Å². The van der Waals surface area contributed by atoms with Gasteiger partial charge < -0.3 is 0 Å². The van der Waals surface area contributed by atoms with Crippen LogP contribution in [0.3, 0.4) is 0 Å². The zero-order valence-corrected chi connectivity index (χ0v) is 15.4. The molecule has 0 bridgehead atoms. The third-order valence-corrected chi connectivity index (χ3v) is 6.81. The summed E-state index contributed by atoms with van der Waals surface area (Å²) in [4.78, 5) is 4.51. The van der Waals surface area contributed by atoms with Crippen LogP contribution in [-0.4, -0.2) is 13.4 Å². The number of rotatable bonds is 3. The molecule has 0 radical (unpaired) electrons. The zero-order valence-electron chi connectivity index (χ0n) is 13.8. The van der Waals surface area contributed by atoms with Gasteiger partial charge in [0.2, 0.25) is 0 Å². The average Bonchev–Trinajstić information content (AvgIpc) is 2.85. The minimum Gasteiger partial charge on any atom is -0.255 e. The highest BCUT2D eigenvalue weighted by molar-refractivity contribution is 7.93. The van der Waals surface area contributed by atoms with Crippen molar-refractivity contribution in [3.63, 3.8) is 0 Å². The van der Waals surface area contributed by atoms with E-state index in [0.717, 1.165) is 33.6 Å². The number of sulfonamides is 1. The van der Waals surface area contributed by atoms with Crippen molar-refractivity contribution in [1.82, 2.24) is 4.98 Å². The van der Waals surface area contributed by atoms with E-state index in [-0.39, 0.29) is 15.8 Å². The van der Waals surface area contributed by atoms with E-state index < -0.39 is 10.0 Å². The van der Waals surface area contributed by atoms with E-state index in [1.54, 1.807) is 13.8 Å². The van der Waals surface area contributed by atoms with Gasteiger partial charge in [-0.25, -0.2) is 17.8 Å². The Hall–Kier alpha value is -1.99. The molecule has 2 aromatic carbocycles. The second kappa shape index (κ2) is 5.82. The maximum absolute atomic E-state index is 13.3. The second-order valence-corrected chi connectivity index (χ2v) is 8.48. The van der Waals surface area contributed by atoms with Crippen molar-refractivity contribution in [3.05, 3.63) is 52.3 Å². The second-order valence-electron chi connectivity index (χ2n) is 5.83. The molecule has 0 fully saturated rings. The Morgan fingerprint density at radius 3 is 2.29 bits per heavy atom. The summed E-state index contributed by atoms with van der Waals surface area (Å²) >= 11 is 1.11. The summed E-state index contributed by atoms with van der Waals surface area (Å²) in [6.07, 6.45) is 0. The molecule has 3 aromatic rings. The molecule has 4 nitrogen and oxygen atoms in total. The normalized spacial score (nSPS) is 11.9. The van der Waals surface area contributed by atoms with Crippen molar-refractivity contribution in [3.8, 4) is 0 Å². The lowest BCUT2D eigenvalue weighted by Gasteiger charge is -2.15. The van der Waals surface area contributed by atoms with Crippen molar-refractivity contribution in [1.29, 1.82) is 0 Å². The van der Waals surface area contributed by atoms with Gasteiger partial charge in [0, 0.05) is 0 Å². The first-order valence-corrected chi connectivity index (χ1v) is 9.65. The summed E-state index contributed by atoms with van der Waals surface area (Å²) in [7, 11) is -3.77. The number of aryl methyl sites for hydroxylation is 2. The summed E-state index contributed by atoms with van der Waals surface area (Å²) < 4.78 is 42.2. The van der Waals surface area contributed by atoms with Crippen LogP contribution in [0.4, 0.5) is 9.52 Å². The summed E-state index contributed by atoms with van der Waals surface area (Å²) in [5.74, 6) is -0.374.